The van der Waals surface area contributed by atoms with E-state index in [1.807, 2.05) is 6.92 Å². The van der Waals surface area contributed by atoms with Gasteiger partial charge in [-0.25, -0.2) is 4.39 Å². The molecule has 2 aliphatic carbocycles. The van der Waals surface area contributed by atoms with Gasteiger partial charge in [-0.2, -0.15) is 0 Å². The van der Waals surface area contributed by atoms with Crippen LogP contribution in [0.1, 0.15) is 45.1 Å². The molecule has 2 unspecified atom stereocenters. The van der Waals surface area contributed by atoms with Crippen molar-refractivity contribution in [3.63, 3.8) is 0 Å². The number of benzene rings is 1. The van der Waals surface area contributed by atoms with Gasteiger partial charge in [0.05, 0.1) is 6.10 Å². The lowest BCUT2D eigenvalue weighted by molar-refractivity contribution is -0.133. The summed E-state index contributed by atoms with van der Waals surface area (Å²) in [7, 11) is 0. The van der Waals surface area contributed by atoms with Crippen molar-refractivity contribution in [3.8, 4) is 0 Å². The summed E-state index contributed by atoms with van der Waals surface area (Å²) in [6.07, 6.45) is 4.60. The van der Waals surface area contributed by atoms with E-state index in [4.69, 9.17) is 0 Å². The maximum Gasteiger partial charge on any atom is 0.161 e. The Hall–Kier alpha value is -1.48. The third-order valence-electron chi connectivity index (χ3n) is 5.74. The van der Waals surface area contributed by atoms with Crippen LogP contribution in [0.4, 0.5) is 4.39 Å². The average molecular weight is 302 g/mol. The van der Waals surface area contributed by atoms with E-state index < -0.39 is 0 Å². The smallest absolute Gasteiger partial charge is 0.161 e. The average Bonchev–Trinajstić information content (AvgIpc) is 2.49. The van der Waals surface area contributed by atoms with Gasteiger partial charge in [-0.3, -0.25) is 4.79 Å². The van der Waals surface area contributed by atoms with E-state index in [0.717, 1.165) is 19.3 Å². The number of Topliss-reactive ketones (excluding diaryl/α,β-unsaturated/α-hetero) is 1. The topological polar surface area (TPSA) is 37.3 Å². The van der Waals surface area contributed by atoms with Crippen LogP contribution in [0.3, 0.4) is 0 Å². The molecule has 0 saturated heterocycles. The van der Waals surface area contributed by atoms with Gasteiger partial charge in [0.1, 0.15) is 5.82 Å². The number of carbonyl (C=O) groups is 1. The minimum absolute atomic E-state index is 0.105. The molecule has 1 aromatic rings. The SMILES string of the molecule is CC1C(=O)/C(=C\c2ccccc2F)C[C@@]2(C)C1CCC[C@@H]2O. The number of ketones is 1. The molecule has 4 atom stereocenters. The standard InChI is InChI=1S/C19H23FO2/c1-12-15-7-5-9-17(21)19(15,2)11-14(18(12)22)10-13-6-3-4-8-16(13)20/h3-4,6,8,10,12,15,17,21H,5,7,9,11H2,1-2H3/b14-10-/t12?,15?,17-,19-/m0/s1. The van der Waals surface area contributed by atoms with Crippen LogP contribution in [-0.4, -0.2) is 17.0 Å². The molecule has 3 heteroatoms. The van der Waals surface area contributed by atoms with Crippen molar-refractivity contribution in [3.05, 3.63) is 41.2 Å². The lowest BCUT2D eigenvalue weighted by atomic mass is 9.54. The normalized spacial score (nSPS) is 37.2. The molecule has 2 saturated carbocycles. The molecule has 0 heterocycles. The third kappa shape index (κ3) is 2.41. The number of carbonyl (C=O) groups excluding carboxylic acids is 1. The van der Waals surface area contributed by atoms with Crippen LogP contribution in [0.15, 0.2) is 29.8 Å². The molecule has 0 bridgehead atoms. The zero-order chi connectivity index (χ0) is 15.9. The van der Waals surface area contributed by atoms with Crippen LogP contribution in [0.2, 0.25) is 0 Å². The van der Waals surface area contributed by atoms with Crippen molar-refractivity contribution in [1.82, 2.24) is 0 Å². The number of halogens is 1. The fraction of sp³-hybridized carbons (Fsp3) is 0.526. The van der Waals surface area contributed by atoms with Crippen molar-refractivity contribution < 1.29 is 14.3 Å². The van der Waals surface area contributed by atoms with Gasteiger partial charge in [-0.1, -0.05) is 38.5 Å². The number of aliphatic hydroxyl groups is 1. The molecule has 2 aliphatic rings. The van der Waals surface area contributed by atoms with Gasteiger partial charge in [0, 0.05) is 16.9 Å². The summed E-state index contributed by atoms with van der Waals surface area (Å²) in [5.74, 6) is -0.0833. The van der Waals surface area contributed by atoms with E-state index in [0.29, 0.717) is 17.6 Å². The first-order chi connectivity index (χ1) is 10.4. The molecular weight excluding hydrogens is 279 g/mol. The zero-order valence-corrected chi connectivity index (χ0v) is 13.2. The molecule has 118 valence electrons. The molecule has 0 spiro atoms. The number of hydrogen-bond acceptors (Lipinski definition) is 2. The van der Waals surface area contributed by atoms with Gasteiger partial charge in [-0.05, 0) is 42.9 Å². The van der Waals surface area contributed by atoms with Crippen molar-refractivity contribution >= 4 is 11.9 Å². The summed E-state index contributed by atoms with van der Waals surface area (Å²) in [5, 5.41) is 10.5. The van der Waals surface area contributed by atoms with Crippen LogP contribution in [0.25, 0.3) is 6.08 Å². The van der Waals surface area contributed by atoms with Gasteiger partial charge in [0.15, 0.2) is 5.78 Å². The first-order valence-corrected chi connectivity index (χ1v) is 8.11. The Bertz CT molecular complexity index is 622. The van der Waals surface area contributed by atoms with Crippen molar-refractivity contribution in [1.29, 1.82) is 0 Å². The lowest BCUT2D eigenvalue weighted by Crippen LogP contribution is -2.51. The van der Waals surface area contributed by atoms with Gasteiger partial charge >= 0.3 is 0 Å². The number of aliphatic hydroxyl groups excluding tert-OH is 1. The minimum atomic E-state index is -0.383. The highest BCUT2D eigenvalue weighted by Gasteiger charge is 2.51. The van der Waals surface area contributed by atoms with E-state index in [1.165, 1.54) is 6.07 Å². The number of fused-ring (bicyclic) bond motifs is 1. The van der Waals surface area contributed by atoms with Crippen molar-refractivity contribution in [2.45, 2.75) is 45.6 Å². The molecule has 0 radical (unpaired) electrons. The van der Waals surface area contributed by atoms with Crippen molar-refractivity contribution in [2.75, 3.05) is 0 Å². The molecule has 1 N–H and O–H groups in total. The molecular formula is C19H23FO2. The van der Waals surface area contributed by atoms with Crippen LogP contribution < -0.4 is 0 Å². The monoisotopic (exact) mass is 302 g/mol. The largest absolute Gasteiger partial charge is 0.393 e. The second kappa shape index (κ2) is 5.62. The van der Waals surface area contributed by atoms with E-state index in [9.17, 15) is 14.3 Å². The molecule has 2 nitrogen and oxygen atoms in total. The van der Waals surface area contributed by atoms with Gasteiger partial charge in [0.2, 0.25) is 0 Å². The molecule has 0 aliphatic heterocycles. The minimum Gasteiger partial charge on any atom is -0.393 e. The second-order valence-corrected chi connectivity index (χ2v) is 7.08. The molecule has 0 amide bonds. The van der Waals surface area contributed by atoms with E-state index in [2.05, 4.69) is 6.92 Å². The predicted molar refractivity (Wildman–Crippen MR) is 84.6 cm³/mol. The van der Waals surface area contributed by atoms with Crippen LogP contribution in [-0.2, 0) is 4.79 Å². The lowest BCUT2D eigenvalue weighted by Gasteiger charge is -2.51. The molecule has 3 rings (SSSR count). The fourth-order valence-corrected chi connectivity index (χ4v) is 4.38. The Balaban J connectivity index is 1.99. The summed E-state index contributed by atoms with van der Waals surface area (Å²) in [6.45, 7) is 4.04. The zero-order valence-electron chi connectivity index (χ0n) is 13.2. The van der Waals surface area contributed by atoms with Crippen LogP contribution >= 0.6 is 0 Å². The number of allylic oxidation sites excluding steroid dienone is 1. The highest BCUT2D eigenvalue weighted by atomic mass is 19.1. The predicted octanol–water partition coefficient (Wildman–Crippen LogP) is 3.99. The van der Waals surface area contributed by atoms with Gasteiger partial charge in [0.25, 0.3) is 0 Å². The maximum absolute atomic E-state index is 13.9. The summed E-state index contributed by atoms with van der Waals surface area (Å²) in [5.41, 5.74) is 0.825. The van der Waals surface area contributed by atoms with E-state index in [1.54, 1.807) is 24.3 Å². The highest BCUT2D eigenvalue weighted by Crippen LogP contribution is 2.53. The van der Waals surface area contributed by atoms with Gasteiger partial charge < -0.3 is 5.11 Å². The molecule has 2 fully saturated rings. The van der Waals surface area contributed by atoms with Crippen LogP contribution in [0, 0.1) is 23.1 Å². The summed E-state index contributed by atoms with van der Waals surface area (Å²) < 4.78 is 13.9. The first kappa shape index (κ1) is 15.4. The molecule has 22 heavy (non-hydrogen) atoms. The summed E-state index contributed by atoms with van der Waals surface area (Å²) in [6, 6.07) is 6.51. The fourth-order valence-electron chi connectivity index (χ4n) is 4.38. The third-order valence-corrected chi connectivity index (χ3v) is 5.74. The highest BCUT2D eigenvalue weighted by molar-refractivity contribution is 6.02. The number of hydrogen-bond donors (Lipinski definition) is 1. The Morgan fingerprint density at radius 2 is 2.05 bits per heavy atom. The second-order valence-electron chi connectivity index (χ2n) is 7.08. The Labute approximate surface area is 131 Å². The van der Waals surface area contributed by atoms with E-state index in [-0.39, 0.29) is 35.0 Å². The maximum atomic E-state index is 13.9. The quantitative estimate of drug-likeness (QED) is 0.797. The first-order valence-electron chi connectivity index (χ1n) is 8.11. The molecule has 1 aromatic carbocycles. The summed E-state index contributed by atoms with van der Waals surface area (Å²) in [4.78, 5) is 12.7. The van der Waals surface area contributed by atoms with Crippen LogP contribution in [0.5, 0.6) is 0 Å². The Morgan fingerprint density at radius 1 is 1.32 bits per heavy atom. The summed E-state index contributed by atoms with van der Waals surface area (Å²) >= 11 is 0. The Kier molecular flexibility index (Phi) is 3.94. The Morgan fingerprint density at radius 3 is 2.77 bits per heavy atom. The van der Waals surface area contributed by atoms with Crippen molar-refractivity contribution in [2.24, 2.45) is 17.3 Å². The molecule has 0 aromatic heterocycles. The number of rotatable bonds is 1. The van der Waals surface area contributed by atoms with Gasteiger partial charge in [-0.15, -0.1) is 0 Å². The van der Waals surface area contributed by atoms with E-state index >= 15 is 0 Å².